The van der Waals surface area contributed by atoms with Crippen molar-refractivity contribution in [3.63, 3.8) is 0 Å². The smallest absolute Gasteiger partial charge is 0.336 e. The first kappa shape index (κ1) is 20.9. The maximum atomic E-state index is 13.4. The molecule has 0 fully saturated rings. The molecule has 0 saturated carbocycles. The summed E-state index contributed by atoms with van der Waals surface area (Å²) < 4.78 is 24.5. The number of amides is 1. The van der Waals surface area contributed by atoms with Crippen LogP contribution in [0, 0.1) is 12.7 Å². The van der Waals surface area contributed by atoms with E-state index in [9.17, 15) is 14.0 Å². The van der Waals surface area contributed by atoms with Gasteiger partial charge in [-0.05, 0) is 54.4 Å². The summed E-state index contributed by atoms with van der Waals surface area (Å²) >= 11 is 0. The SMILES string of the molecule is Cc1cccc(COc2ccc(C3CC(=O)N(c4ccc(F)cc4)C4=C3C(=O)OC4)cc2)c1. The largest absolute Gasteiger partial charge is 0.489 e. The van der Waals surface area contributed by atoms with Gasteiger partial charge in [0.15, 0.2) is 0 Å². The van der Waals surface area contributed by atoms with Crippen LogP contribution in [0.3, 0.4) is 0 Å². The van der Waals surface area contributed by atoms with Gasteiger partial charge in [0.05, 0.1) is 11.3 Å². The minimum atomic E-state index is -0.422. The molecular weight excluding hydrogens is 421 g/mol. The Morgan fingerprint density at radius 2 is 1.79 bits per heavy atom. The highest BCUT2D eigenvalue weighted by Crippen LogP contribution is 2.42. The minimum Gasteiger partial charge on any atom is -0.489 e. The lowest BCUT2D eigenvalue weighted by molar-refractivity contribution is -0.136. The molecule has 1 amide bonds. The molecule has 2 aliphatic rings. The predicted octanol–water partition coefficient (Wildman–Crippen LogP) is 5.04. The highest BCUT2D eigenvalue weighted by molar-refractivity contribution is 6.06. The Labute approximate surface area is 191 Å². The molecule has 166 valence electrons. The number of anilines is 1. The summed E-state index contributed by atoms with van der Waals surface area (Å²) in [5.41, 5.74) is 4.62. The van der Waals surface area contributed by atoms with E-state index < -0.39 is 17.7 Å². The van der Waals surface area contributed by atoms with Gasteiger partial charge in [-0.25, -0.2) is 9.18 Å². The number of halogens is 1. The fourth-order valence-electron chi connectivity index (χ4n) is 4.39. The van der Waals surface area contributed by atoms with Crippen LogP contribution in [0.2, 0.25) is 0 Å². The summed E-state index contributed by atoms with van der Waals surface area (Å²) in [5, 5.41) is 0. The van der Waals surface area contributed by atoms with E-state index in [-0.39, 0.29) is 18.9 Å². The fourth-order valence-corrected chi connectivity index (χ4v) is 4.39. The van der Waals surface area contributed by atoms with Crippen molar-refractivity contribution in [3.8, 4) is 5.75 Å². The Balaban J connectivity index is 1.39. The van der Waals surface area contributed by atoms with E-state index in [0.717, 1.165) is 11.1 Å². The van der Waals surface area contributed by atoms with Gasteiger partial charge in [-0.2, -0.15) is 0 Å². The number of esters is 1. The molecule has 1 atom stereocenters. The number of carbonyl (C=O) groups is 2. The molecule has 1 unspecified atom stereocenters. The van der Waals surface area contributed by atoms with Crippen LogP contribution in [0.15, 0.2) is 84.1 Å². The van der Waals surface area contributed by atoms with Gasteiger partial charge in [0.2, 0.25) is 5.91 Å². The van der Waals surface area contributed by atoms with Crippen molar-refractivity contribution < 1.29 is 23.5 Å². The van der Waals surface area contributed by atoms with Crippen molar-refractivity contribution in [2.24, 2.45) is 0 Å². The number of nitrogens with zero attached hydrogens (tertiary/aromatic N) is 1. The zero-order valence-corrected chi connectivity index (χ0v) is 18.1. The first-order chi connectivity index (χ1) is 16.0. The fraction of sp³-hybridized carbons (Fsp3) is 0.185. The van der Waals surface area contributed by atoms with Crippen LogP contribution in [0.25, 0.3) is 0 Å². The third-order valence-corrected chi connectivity index (χ3v) is 5.97. The minimum absolute atomic E-state index is 0.0193. The average Bonchev–Trinajstić information content (AvgIpc) is 3.20. The van der Waals surface area contributed by atoms with Crippen LogP contribution in [0.5, 0.6) is 5.75 Å². The molecule has 3 aromatic rings. The third kappa shape index (κ3) is 4.12. The van der Waals surface area contributed by atoms with Crippen LogP contribution in [0.1, 0.15) is 29.0 Å². The molecule has 2 aliphatic heterocycles. The number of hydrogen-bond acceptors (Lipinski definition) is 4. The Kier molecular flexibility index (Phi) is 5.42. The standard InChI is InChI=1S/C27H22FNO4/c1-17-3-2-4-18(13-17)15-32-22-11-5-19(6-12-22)23-14-25(30)29(21-9-7-20(28)8-10-21)24-16-33-27(31)26(23)24/h2-13,23H,14-16H2,1H3. The summed E-state index contributed by atoms with van der Waals surface area (Å²) in [4.78, 5) is 27.1. The molecule has 0 bridgehead atoms. The number of carbonyl (C=O) groups excluding carboxylic acids is 2. The molecule has 0 N–H and O–H groups in total. The number of hydrogen-bond donors (Lipinski definition) is 0. The summed E-state index contributed by atoms with van der Waals surface area (Å²) in [6, 6.07) is 21.2. The molecule has 33 heavy (non-hydrogen) atoms. The highest BCUT2D eigenvalue weighted by Gasteiger charge is 2.42. The van der Waals surface area contributed by atoms with E-state index in [1.54, 1.807) is 0 Å². The van der Waals surface area contributed by atoms with Crippen LogP contribution < -0.4 is 9.64 Å². The quantitative estimate of drug-likeness (QED) is 0.518. The van der Waals surface area contributed by atoms with Gasteiger partial charge in [0.1, 0.15) is 24.8 Å². The summed E-state index contributed by atoms with van der Waals surface area (Å²) in [5.74, 6) is -0.667. The van der Waals surface area contributed by atoms with Gasteiger partial charge in [0, 0.05) is 18.0 Å². The van der Waals surface area contributed by atoms with E-state index in [4.69, 9.17) is 9.47 Å². The van der Waals surface area contributed by atoms with Crippen molar-refractivity contribution in [2.45, 2.75) is 25.9 Å². The molecule has 2 heterocycles. The van der Waals surface area contributed by atoms with Crippen molar-refractivity contribution >= 4 is 17.6 Å². The lowest BCUT2D eigenvalue weighted by Gasteiger charge is -2.31. The number of benzene rings is 3. The topological polar surface area (TPSA) is 55.8 Å². The van der Waals surface area contributed by atoms with Gasteiger partial charge in [-0.15, -0.1) is 0 Å². The predicted molar refractivity (Wildman–Crippen MR) is 121 cm³/mol. The van der Waals surface area contributed by atoms with Crippen molar-refractivity contribution in [3.05, 3.63) is 107 Å². The van der Waals surface area contributed by atoms with Gasteiger partial charge in [-0.1, -0.05) is 42.0 Å². The van der Waals surface area contributed by atoms with E-state index in [1.165, 1.54) is 34.7 Å². The van der Waals surface area contributed by atoms with Crippen LogP contribution in [0.4, 0.5) is 10.1 Å². The first-order valence-electron chi connectivity index (χ1n) is 10.8. The molecule has 0 saturated heterocycles. The van der Waals surface area contributed by atoms with Crippen LogP contribution in [-0.2, 0) is 20.9 Å². The molecule has 0 radical (unpaired) electrons. The van der Waals surface area contributed by atoms with Gasteiger partial charge in [-0.3, -0.25) is 9.69 Å². The molecule has 5 nitrogen and oxygen atoms in total. The zero-order valence-electron chi connectivity index (χ0n) is 18.1. The lowest BCUT2D eigenvalue weighted by Crippen LogP contribution is -2.37. The normalized spacial score (nSPS) is 17.8. The van der Waals surface area contributed by atoms with E-state index in [2.05, 4.69) is 6.07 Å². The second kappa shape index (κ2) is 8.54. The Morgan fingerprint density at radius 1 is 1.03 bits per heavy atom. The van der Waals surface area contributed by atoms with Crippen molar-refractivity contribution in [1.29, 1.82) is 0 Å². The highest BCUT2D eigenvalue weighted by atomic mass is 19.1. The Hall–Kier alpha value is -3.93. The van der Waals surface area contributed by atoms with Gasteiger partial charge in [0.25, 0.3) is 0 Å². The summed E-state index contributed by atoms with van der Waals surface area (Å²) in [6.07, 6.45) is 0.120. The van der Waals surface area contributed by atoms with E-state index in [0.29, 0.717) is 29.3 Å². The molecule has 5 rings (SSSR count). The lowest BCUT2D eigenvalue weighted by atomic mass is 9.84. The maximum absolute atomic E-state index is 13.4. The van der Waals surface area contributed by atoms with Crippen molar-refractivity contribution in [1.82, 2.24) is 0 Å². The molecule has 0 spiro atoms. The second-order valence-corrected chi connectivity index (χ2v) is 8.25. The van der Waals surface area contributed by atoms with Crippen LogP contribution in [-0.4, -0.2) is 18.5 Å². The number of rotatable bonds is 5. The Morgan fingerprint density at radius 3 is 2.52 bits per heavy atom. The molecule has 3 aromatic carbocycles. The number of cyclic esters (lactones) is 1. The number of aryl methyl sites for hydroxylation is 1. The molecule has 0 aromatic heterocycles. The monoisotopic (exact) mass is 443 g/mol. The van der Waals surface area contributed by atoms with Gasteiger partial charge < -0.3 is 9.47 Å². The average molecular weight is 443 g/mol. The van der Waals surface area contributed by atoms with Gasteiger partial charge >= 0.3 is 5.97 Å². The maximum Gasteiger partial charge on any atom is 0.336 e. The summed E-state index contributed by atoms with van der Waals surface area (Å²) in [7, 11) is 0. The molecule has 6 heteroatoms. The Bertz CT molecular complexity index is 1250. The van der Waals surface area contributed by atoms with E-state index >= 15 is 0 Å². The van der Waals surface area contributed by atoms with E-state index in [1.807, 2.05) is 49.4 Å². The molecule has 0 aliphatic carbocycles. The summed E-state index contributed by atoms with van der Waals surface area (Å²) in [6.45, 7) is 2.51. The number of ether oxygens (including phenoxy) is 2. The zero-order chi connectivity index (χ0) is 22.9. The molecular formula is C27H22FNO4. The first-order valence-corrected chi connectivity index (χ1v) is 10.8. The van der Waals surface area contributed by atoms with Crippen LogP contribution >= 0.6 is 0 Å². The third-order valence-electron chi connectivity index (χ3n) is 5.97. The van der Waals surface area contributed by atoms with Crippen molar-refractivity contribution in [2.75, 3.05) is 11.5 Å². The second-order valence-electron chi connectivity index (χ2n) is 8.25.